The van der Waals surface area contributed by atoms with Crippen LogP contribution in [0.2, 0.25) is 0 Å². The first kappa shape index (κ1) is 26.0. The van der Waals surface area contributed by atoms with Gasteiger partial charge in [0.25, 0.3) is 0 Å². The minimum atomic E-state index is 0.125. The summed E-state index contributed by atoms with van der Waals surface area (Å²) in [5, 5.41) is 10.8. The molecule has 0 atom stereocenters. The predicted molar refractivity (Wildman–Crippen MR) is 176 cm³/mol. The summed E-state index contributed by atoms with van der Waals surface area (Å²) in [5.41, 5.74) is 7.17. The van der Waals surface area contributed by atoms with Gasteiger partial charge in [-0.25, -0.2) is 15.0 Å². The molecule has 5 heteroatoms. The number of hydrogen-bond donors (Lipinski definition) is 1. The number of nitrogens with one attached hydrogen (secondary N) is 1. The lowest BCUT2D eigenvalue weighted by molar-refractivity contribution is 0.620. The van der Waals surface area contributed by atoms with Gasteiger partial charge >= 0.3 is 0 Å². The molecular weight excluding hydrogens is 528 g/mol. The Balaban J connectivity index is 1.24. The first-order chi connectivity index (χ1) is 21.2. The van der Waals surface area contributed by atoms with Gasteiger partial charge in [-0.05, 0) is 46.3 Å². The van der Waals surface area contributed by atoms with Crippen molar-refractivity contribution < 1.29 is 4.42 Å². The predicted octanol–water partition coefficient (Wildman–Crippen LogP) is 9.21. The highest BCUT2D eigenvalue weighted by Gasteiger charge is 2.13. The fourth-order valence-electron chi connectivity index (χ4n) is 5.03. The van der Waals surface area contributed by atoms with E-state index in [-0.39, 0.29) is 5.84 Å². The Morgan fingerprint density at radius 3 is 1.98 bits per heavy atom. The molecule has 0 saturated heterocycles. The van der Waals surface area contributed by atoms with Crippen LogP contribution < -0.4 is 0 Å². The number of aromatic nitrogens is 1. The summed E-state index contributed by atoms with van der Waals surface area (Å²) in [6.07, 6.45) is 1.78. The van der Waals surface area contributed by atoms with Crippen molar-refractivity contribution in [3.8, 4) is 22.6 Å². The van der Waals surface area contributed by atoms with Gasteiger partial charge < -0.3 is 4.42 Å². The van der Waals surface area contributed by atoms with Crippen molar-refractivity contribution in [1.82, 2.24) is 4.98 Å². The van der Waals surface area contributed by atoms with Gasteiger partial charge in [0.2, 0.25) is 5.89 Å². The number of amidine groups is 2. The van der Waals surface area contributed by atoms with Crippen LogP contribution in [0.15, 0.2) is 160 Å². The summed E-state index contributed by atoms with van der Waals surface area (Å²) in [4.78, 5) is 14.2. The van der Waals surface area contributed by atoms with E-state index < -0.39 is 0 Å². The molecule has 0 aliphatic rings. The molecule has 1 aromatic heterocycles. The quantitative estimate of drug-likeness (QED) is 0.170. The van der Waals surface area contributed by atoms with Crippen LogP contribution in [-0.2, 0) is 0 Å². The lowest BCUT2D eigenvalue weighted by atomic mass is 10.0. The molecule has 0 saturated carbocycles. The summed E-state index contributed by atoms with van der Waals surface area (Å²) >= 11 is 0. The second-order valence-electron chi connectivity index (χ2n) is 10.1. The van der Waals surface area contributed by atoms with E-state index in [4.69, 9.17) is 24.8 Å². The molecule has 0 aliphatic carbocycles. The van der Waals surface area contributed by atoms with E-state index in [1.807, 2.05) is 121 Å². The molecule has 0 fully saturated rings. The molecule has 0 spiro atoms. The lowest BCUT2D eigenvalue weighted by Gasteiger charge is -2.07. The van der Waals surface area contributed by atoms with Crippen molar-refractivity contribution in [2.75, 3.05) is 0 Å². The van der Waals surface area contributed by atoms with Gasteiger partial charge in [-0.2, -0.15) is 0 Å². The van der Waals surface area contributed by atoms with Crippen molar-refractivity contribution in [3.63, 3.8) is 0 Å². The maximum Gasteiger partial charge on any atom is 0.227 e. The first-order valence-corrected chi connectivity index (χ1v) is 14.0. The minimum Gasteiger partial charge on any atom is -0.436 e. The molecule has 7 rings (SSSR count). The third kappa shape index (κ3) is 5.52. The van der Waals surface area contributed by atoms with Gasteiger partial charge in [-0.3, -0.25) is 5.41 Å². The Labute approximate surface area is 249 Å². The largest absolute Gasteiger partial charge is 0.436 e. The third-order valence-electron chi connectivity index (χ3n) is 7.27. The molecule has 5 nitrogen and oxygen atoms in total. The van der Waals surface area contributed by atoms with Crippen LogP contribution in [-0.4, -0.2) is 22.9 Å². The van der Waals surface area contributed by atoms with E-state index in [1.54, 1.807) is 6.21 Å². The van der Waals surface area contributed by atoms with Crippen molar-refractivity contribution in [3.05, 3.63) is 162 Å². The second kappa shape index (κ2) is 11.5. The van der Waals surface area contributed by atoms with Gasteiger partial charge in [0.15, 0.2) is 17.3 Å². The summed E-state index contributed by atoms with van der Waals surface area (Å²) in [7, 11) is 0. The van der Waals surface area contributed by atoms with Crippen LogP contribution in [0.1, 0.15) is 16.7 Å². The molecule has 7 aromatic rings. The lowest BCUT2D eigenvalue weighted by Crippen LogP contribution is -2.05. The summed E-state index contributed by atoms with van der Waals surface area (Å²) in [6, 6.07) is 47.9. The van der Waals surface area contributed by atoms with Gasteiger partial charge in [0, 0.05) is 28.3 Å². The smallest absolute Gasteiger partial charge is 0.227 e. The first-order valence-electron chi connectivity index (χ1n) is 14.0. The van der Waals surface area contributed by atoms with Crippen LogP contribution in [0.25, 0.3) is 44.5 Å². The number of rotatable bonds is 5. The zero-order valence-electron chi connectivity index (χ0n) is 23.2. The molecule has 0 radical (unpaired) electrons. The third-order valence-corrected chi connectivity index (χ3v) is 7.27. The Morgan fingerprint density at radius 2 is 1.26 bits per heavy atom. The van der Waals surface area contributed by atoms with Gasteiger partial charge in [-0.15, -0.1) is 0 Å². The van der Waals surface area contributed by atoms with Gasteiger partial charge in [-0.1, -0.05) is 121 Å². The Bertz CT molecular complexity index is 2110. The van der Waals surface area contributed by atoms with Crippen molar-refractivity contribution in [2.45, 2.75) is 0 Å². The summed E-state index contributed by atoms with van der Waals surface area (Å²) in [6.45, 7) is 0. The summed E-state index contributed by atoms with van der Waals surface area (Å²) in [5.74, 6) is 1.18. The van der Waals surface area contributed by atoms with Crippen molar-refractivity contribution >= 4 is 39.8 Å². The fourth-order valence-corrected chi connectivity index (χ4v) is 5.03. The maximum absolute atomic E-state index is 8.93. The van der Waals surface area contributed by atoms with Crippen LogP contribution in [0.5, 0.6) is 0 Å². The molecule has 0 bridgehead atoms. The highest BCUT2D eigenvalue weighted by Crippen LogP contribution is 2.30. The van der Waals surface area contributed by atoms with Crippen LogP contribution in [0.3, 0.4) is 0 Å². The van der Waals surface area contributed by atoms with Crippen LogP contribution >= 0.6 is 0 Å². The number of benzene rings is 6. The van der Waals surface area contributed by atoms with E-state index >= 15 is 0 Å². The highest BCUT2D eigenvalue weighted by molar-refractivity contribution is 6.15. The average molecular weight is 555 g/mol. The normalized spacial score (nSPS) is 11.9. The summed E-state index contributed by atoms with van der Waals surface area (Å²) < 4.78 is 6.05. The monoisotopic (exact) mass is 554 g/mol. The molecular formula is C38H26N4O. The van der Waals surface area contributed by atoms with E-state index in [9.17, 15) is 0 Å². The molecule has 0 unspecified atom stereocenters. The Hall–Kier alpha value is -5.94. The van der Waals surface area contributed by atoms with Crippen molar-refractivity contribution in [2.24, 2.45) is 9.98 Å². The van der Waals surface area contributed by atoms with Gasteiger partial charge in [0.05, 0.1) is 0 Å². The zero-order chi connectivity index (χ0) is 29.0. The Morgan fingerprint density at radius 1 is 0.628 bits per heavy atom. The molecule has 43 heavy (non-hydrogen) atoms. The Kier molecular flexibility index (Phi) is 6.96. The SMILES string of the molecule is N=C(N=C(N=Cc1ccccc1)c1ccc(-c2ccccc2)cc1)c1ccc2c(ccc3oc(-c4ccccc4)nc32)c1. The topological polar surface area (TPSA) is 74.6 Å². The number of aliphatic imine (C=N–C) groups is 2. The molecule has 1 heterocycles. The molecule has 6 aromatic carbocycles. The van der Waals surface area contributed by atoms with Gasteiger partial charge in [0.1, 0.15) is 5.52 Å². The van der Waals surface area contributed by atoms with E-state index in [2.05, 4.69) is 24.3 Å². The second-order valence-corrected chi connectivity index (χ2v) is 10.1. The molecule has 204 valence electrons. The highest BCUT2D eigenvalue weighted by atomic mass is 16.3. The van der Waals surface area contributed by atoms with Crippen LogP contribution in [0, 0.1) is 5.41 Å². The average Bonchev–Trinajstić information content (AvgIpc) is 3.53. The van der Waals surface area contributed by atoms with E-state index in [0.29, 0.717) is 17.3 Å². The number of nitrogens with zero attached hydrogens (tertiary/aromatic N) is 3. The van der Waals surface area contributed by atoms with Crippen LogP contribution in [0.4, 0.5) is 0 Å². The maximum atomic E-state index is 8.93. The fraction of sp³-hybridized carbons (Fsp3) is 0. The zero-order valence-corrected chi connectivity index (χ0v) is 23.2. The number of oxazole rings is 1. The van der Waals surface area contributed by atoms with E-state index in [0.717, 1.165) is 49.7 Å². The standard InChI is InChI=1S/C38H26N4O/c39-36(32-20-22-33-31(24-32)21-23-34-35(33)41-38(43-34)30-14-8-3-9-15-30)42-37(40-25-26-10-4-1-5-11-26)29-18-16-28(17-19-29)27-12-6-2-7-13-27/h1-25,39H. The molecule has 0 aliphatic heterocycles. The minimum absolute atomic E-state index is 0.125. The molecule has 0 amide bonds. The molecule has 1 N–H and O–H groups in total. The van der Waals surface area contributed by atoms with E-state index in [1.165, 1.54) is 0 Å². The van der Waals surface area contributed by atoms with Crippen molar-refractivity contribution in [1.29, 1.82) is 5.41 Å². The number of fused-ring (bicyclic) bond motifs is 3. The number of hydrogen-bond acceptors (Lipinski definition) is 3.